The molecular weight excluding hydrogens is 248 g/mol. The summed E-state index contributed by atoms with van der Waals surface area (Å²) in [6.45, 7) is 2.95. The maximum Gasteiger partial charge on any atom is 0.115 e. The molecular formula is C18H22O2. The van der Waals surface area contributed by atoms with Crippen LogP contribution >= 0.6 is 0 Å². The van der Waals surface area contributed by atoms with E-state index in [0.29, 0.717) is 0 Å². The number of ether oxygens (including phenoxy) is 1. The standard InChI is InChI=1S/C18H22O2/c1-2-3-7-14-20-18(15-8-5-4-6-9-15)16-10-12-17(19)13-11-16/h4-6,8-13,18-19H,2-3,7,14H2,1H3. The van der Waals surface area contributed by atoms with E-state index in [1.807, 2.05) is 30.3 Å². The van der Waals surface area contributed by atoms with Gasteiger partial charge in [0.25, 0.3) is 0 Å². The second kappa shape index (κ2) is 7.71. The highest BCUT2D eigenvalue weighted by molar-refractivity contribution is 5.33. The molecule has 0 saturated heterocycles. The Hall–Kier alpha value is -1.80. The number of phenols is 1. The second-order valence-corrected chi connectivity index (χ2v) is 4.96. The SMILES string of the molecule is CCCCCOC(c1ccccc1)c1ccc(O)cc1. The number of aromatic hydroxyl groups is 1. The van der Waals surface area contributed by atoms with Crippen molar-refractivity contribution in [1.82, 2.24) is 0 Å². The molecule has 1 unspecified atom stereocenters. The third-order valence-corrected chi connectivity index (χ3v) is 3.33. The van der Waals surface area contributed by atoms with Crippen LogP contribution in [0, 0.1) is 0 Å². The molecule has 0 bridgehead atoms. The highest BCUT2D eigenvalue weighted by Crippen LogP contribution is 2.27. The van der Waals surface area contributed by atoms with E-state index >= 15 is 0 Å². The molecule has 2 heteroatoms. The summed E-state index contributed by atoms with van der Waals surface area (Å²) in [4.78, 5) is 0. The van der Waals surface area contributed by atoms with Gasteiger partial charge in [-0.05, 0) is 29.7 Å². The van der Waals surface area contributed by atoms with Crippen molar-refractivity contribution in [2.24, 2.45) is 0 Å². The Kier molecular flexibility index (Phi) is 5.63. The Labute approximate surface area is 121 Å². The van der Waals surface area contributed by atoms with Crippen LogP contribution in [-0.4, -0.2) is 11.7 Å². The van der Waals surface area contributed by atoms with Crippen LogP contribution in [0.3, 0.4) is 0 Å². The molecule has 20 heavy (non-hydrogen) atoms. The quantitative estimate of drug-likeness (QED) is 0.740. The van der Waals surface area contributed by atoms with Crippen molar-refractivity contribution in [3.05, 3.63) is 65.7 Å². The number of hydrogen-bond acceptors (Lipinski definition) is 2. The molecule has 2 aromatic carbocycles. The summed E-state index contributed by atoms with van der Waals surface area (Å²) in [5, 5.41) is 9.41. The number of benzene rings is 2. The highest BCUT2D eigenvalue weighted by Gasteiger charge is 2.14. The first-order valence-corrected chi connectivity index (χ1v) is 7.26. The van der Waals surface area contributed by atoms with Gasteiger partial charge in [0, 0.05) is 6.61 Å². The minimum Gasteiger partial charge on any atom is -0.508 e. The minimum absolute atomic E-state index is 0.0614. The smallest absolute Gasteiger partial charge is 0.115 e. The van der Waals surface area contributed by atoms with Crippen LogP contribution in [0.15, 0.2) is 54.6 Å². The zero-order chi connectivity index (χ0) is 14.2. The average molecular weight is 270 g/mol. The Morgan fingerprint density at radius 2 is 1.55 bits per heavy atom. The maximum absolute atomic E-state index is 9.41. The summed E-state index contributed by atoms with van der Waals surface area (Å²) in [6, 6.07) is 17.5. The van der Waals surface area contributed by atoms with Gasteiger partial charge in [-0.1, -0.05) is 62.2 Å². The van der Waals surface area contributed by atoms with Gasteiger partial charge < -0.3 is 9.84 Å². The number of rotatable bonds is 7. The third kappa shape index (κ3) is 4.10. The van der Waals surface area contributed by atoms with Gasteiger partial charge in [0.05, 0.1) is 0 Å². The zero-order valence-corrected chi connectivity index (χ0v) is 12.0. The van der Waals surface area contributed by atoms with Crippen molar-refractivity contribution in [1.29, 1.82) is 0 Å². The summed E-state index contributed by atoms with van der Waals surface area (Å²) in [6.07, 6.45) is 3.40. The lowest BCUT2D eigenvalue weighted by Crippen LogP contribution is -2.07. The van der Waals surface area contributed by atoms with Crippen LogP contribution < -0.4 is 0 Å². The summed E-state index contributed by atoms with van der Waals surface area (Å²) < 4.78 is 6.07. The maximum atomic E-state index is 9.41. The second-order valence-electron chi connectivity index (χ2n) is 4.96. The lowest BCUT2D eigenvalue weighted by molar-refractivity contribution is 0.0770. The van der Waals surface area contributed by atoms with Crippen LogP contribution in [0.25, 0.3) is 0 Å². The number of unbranched alkanes of at least 4 members (excludes halogenated alkanes) is 2. The van der Waals surface area contributed by atoms with E-state index in [1.54, 1.807) is 12.1 Å². The van der Waals surface area contributed by atoms with E-state index in [1.165, 1.54) is 12.8 Å². The summed E-state index contributed by atoms with van der Waals surface area (Å²) in [7, 11) is 0. The van der Waals surface area contributed by atoms with Crippen molar-refractivity contribution < 1.29 is 9.84 Å². The first-order chi connectivity index (χ1) is 9.81. The molecule has 2 aromatic rings. The molecule has 106 valence electrons. The Morgan fingerprint density at radius 1 is 0.900 bits per heavy atom. The highest BCUT2D eigenvalue weighted by atomic mass is 16.5. The van der Waals surface area contributed by atoms with E-state index in [-0.39, 0.29) is 11.9 Å². The van der Waals surface area contributed by atoms with Crippen molar-refractivity contribution in [2.75, 3.05) is 6.61 Å². The van der Waals surface area contributed by atoms with E-state index in [2.05, 4.69) is 19.1 Å². The molecule has 0 heterocycles. The summed E-state index contributed by atoms with van der Waals surface area (Å²) in [5.41, 5.74) is 2.22. The zero-order valence-electron chi connectivity index (χ0n) is 12.0. The topological polar surface area (TPSA) is 29.5 Å². The van der Waals surface area contributed by atoms with Crippen molar-refractivity contribution in [3.63, 3.8) is 0 Å². The Bertz CT molecular complexity index is 491. The molecule has 0 fully saturated rings. The number of hydrogen-bond donors (Lipinski definition) is 1. The van der Waals surface area contributed by atoms with E-state index in [9.17, 15) is 5.11 Å². The molecule has 0 radical (unpaired) electrons. The molecule has 2 nitrogen and oxygen atoms in total. The van der Waals surface area contributed by atoms with Crippen LogP contribution in [0.2, 0.25) is 0 Å². The van der Waals surface area contributed by atoms with Gasteiger partial charge in [-0.3, -0.25) is 0 Å². The molecule has 0 saturated carbocycles. The fourth-order valence-electron chi connectivity index (χ4n) is 2.22. The van der Waals surface area contributed by atoms with Gasteiger partial charge in [0.15, 0.2) is 0 Å². The van der Waals surface area contributed by atoms with Gasteiger partial charge in [-0.15, -0.1) is 0 Å². The monoisotopic (exact) mass is 270 g/mol. The molecule has 0 aliphatic carbocycles. The first kappa shape index (κ1) is 14.6. The average Bonchev–Trinajstić information content (AvgIpc) is 2.50. The molecule has 0 spiro atoms. The van der Waals surface area contributed by atoms with Crippen molar-refractivity contribution in [2.45, 2.75) is 32.3 Å². The van der Waals surface area contributed by atoms with E-state index in [0.717, 1.165) is 24.2 Å². The Balaban J connectivity index is 2.13. The van der Waals surface area contributed by atoms with Crippen LogP contribution in [0.5, 0.6) is 5.75 Å². The van der Waals surface area contributed by atoms with Gasteiger partial charge in [-0.2, -0.15) is 0 Å². The molecule has 0 aliphatic heterocycles. The number of phenolic OH excluding ortho intramolecular Hbond substituents is 1. The van der Waals surface area contributed by atoms with Gasteiger partial charge >= 0.3 is 0 Å². The predicted octanol–water partition coefficient (Wildman–Crippen LogP) is 4.69. The van der Waals surface area contributed by atoms with Crippen molar-refractivity contribution in [3.8, 4) is 5.75 Å². The largest absolute Gasteiger partial charge is 0.508 e. The van der Waals surface area contributed by atoms with E-state index < -0.39 is 0 Å². The Morgan fingerprint density at radius 3 is 2.20 bits per heavy atom. The van der Waals surface area contributed by atoms with Gasteiger partial charge in [0.1, 0.15) is 11.9 Å². The fraction of sp³-hybridized carbons (Fsp3) is 0.333. The summed E-state index contributed by atoms with van der Waals surface area (Å²) >= 11 is 0. The molecule has 0 aromatic heterocycles. The molecule has 2 rings (SSSR count). The third-order valence-electron chi connectivity index (χ3n) is 3.33. The van der Waals surface area contributed by atoms with Crippen LogP contribution in [-0.2, 0) is 4.74 Å². The van der Waals surface area contributed by atoms with Gasteiger partial charge in [-0.25, -0.2) is 0 Å². The van der Waals surface area contributed by atoms with Gasteiger partial charge in [0.2, 0.25) is 0 Å². The fourth-order valence-corrected chi connectivity index (χ4v) is 2.22. The predicted molar refractivity (Wildman–Crippen MR) is 81.9 cm³/mol. The van der Waals surface area contributed by atoms with Crippen LogP contribution in [0.1, 0.15) is 43.4 Å². The van der Waals surface area contributed by atoms with E-state index in [4.69, 9.17) is 4.74 Å². The molecule has 1 atom stereocenters. The first-order valence-electron chi connectivity index (χ1n) is 7.26. The molecule has 1 N–H and O–H groups in total. The molecule has 0 amide bonds. The van der Waals surface area contributed by atoms with Crippen molar-refractivity contribution >= 4 is 0 Å². The normalized spacial score (nSPS) is 12.2. The lowest BCUT2D eigenvalue weighted by Gasteiger charge is -2.19. The lowest BCUT2D eigenvalue weighted by atomic mass is 10.0. The molecule has 0 aliphatic rings. The minimum atomic E-state index is -0.0614. The summed E-state index contributed by atoms with van der Waals surface area (Å²) in [5.74, 6) is 0.284. The van der Waals surface area contributed by atoms with Crippen LogP contribution in [0.4, 0.5) is 0 Å².